The standard InChI is InChI=1S/C15H24N2O2/c1-12(10-15(18)17-9-4-3-8-16)13-6-5-7-14(11-13)19-2/h5-7,11-12H,3-4,8-10,16H2,1-2H3,(H,17,18). The van der Waals surface area contributed by atoms with Crippen LogP contribution >= 0.6 is 0 Å². The SMILES string of the molecule is COc1cccc(C(C)CC(=O)NCCCCN)c1. The molecule has 4 heteroatoms. The molecular formula is C15H24N2O2. The third kappa shape index (κ3) is 5.75. The molecule has 0 saturated heterocycles. The maximum Gasteiger partial charge on any atom is 0.220 e. The van der Waals surface area contributed by atoms with Crippen LogP contribution in [0.25, 0.3) is 0 Å². The topological polar surface area (TPSA) is 64.3 Å². The molecule has 1 rings (SSSR count). The largest absolute Gasteiger partial charge is 0.497 e. The molecule has 1 amide bonds. The van der Waals surface area contributed by atoms with Gasteiger partial charge in [0.05, 0.1) is 7.11 Å². The van der Waals surface area contributed by atoms with Crippen molar-refractivity contribution < 1.29 is 9.53 Å². The Balaban J connectivity index is 2.40. The number of ether oxygens (including phenoxy) is 1. The molecule has 0 aliphatic carbocycles. The molecule has 106 valence electrons. The van der Waals surface area contributed by atoms with Crippen LogP contribution in [0, 0.1) is 0 Å². The van der Waals surface area contributed by atoms with Gasteiger partial charge in [-0.15, -0.1) is 0 Å². The Morgan fingerprint density at radius 2 is 2.21 bits per heavy atom. The van der Waals surface area contributed by atoms with Crippen LogP contribution in [-0.4, -0.2) is 26.1 Å². The average molecular weight is 264 g/mol. The lowest BCUT2D eigenvalue weighted by Crippen LogP contribution is -2.25. The van der Waals surface area contributed by atoms with Gasteiger partial charge in [-0.2, -0.15) is 0 Å². The lowest BCUT2D eigenvalue weighted by molar-refractivity contribution is -0.121. The second-order valence-corrected chi connectivity index (χ2v) is 4.73. The Morgan fingerprint density at radius 3 is 2.89 bits per heavy atom. The van der Waals surface area contributed by atoms with Crippen LogP contribution < -0.4 is 15.8 Å². The molecule has 0 aromatic heterocycles. The van der Waals surface area contributed by atoms with Crippen LogP contribution in [-0.2, 0) is 4.79 Å². The number of nitrogens with one attached hydrogen (secondary N) is 1. The van der Waals surface area contributed by atoms with E-state index in [9.17, 15) is 4.79 Å². The fourth-order valence-corrected chi connectivity index (χ4v) is 1.91. The van der Waals surface area contributed by atoms with Crippen LogP contribution in [0.1, 0.15) is 37.7 Å². The zero-order valence-corrected chi connectivity index (χ0v) is 11.8. The number of hydrogen-bond acceptors (Lipinski definition) is 3. The Kier molecular flexibility index (Phi) is 6.97. The van der Waals surface area contributed by atoms with Crippen LogP contribution in [0.2, 0.25) is 0 Å². The summed E-state index contributed by atoms with van der Waals surface area (Å²) in [6, 6.07) is 7.86. The molecule has 0 aliphatic rings. The number of carbonyl (C=O) groups excluding carboxylic acids is 1. The van der Waals surface area contributed by atoms with Gasteiger partial charge >= 0.3 is 0 Å². The molecule has 0 spiro atoms. The first-order chi connectivity index (χ1) is 9.17. The highest BCUT2D eigenvalue weighted by molar-refractivity contribution is 5.76. The van der Waals surface area contributed by atoms with E-state index >= 15 is 0 Å². The number of amides is 1. The monoisotopic (exact) mass is 264 g/mol. The van der Waals surface area contributed by atoms with Gasteiger partial charge in [-0.25, -0.2) is 0 Å². The molecule has 0 heterocycles. The van der Waals surface area contributed by atoms with Gasteiger partial charge in [-0.3, -0.25) is 4.79 Å². The van der Waals surface area contributed by atoms with E-state index in [1.165, 1.54) is 0 Å². The highest BCUT2D eigenvalue weighted by Crippen LogP contribution is 2.22. The number of methoxy groups -OCH3 is 1. The van der Waals surface area contributed by atoms with Crippen molar-refractivity contribution in [2.45, 2.75) is 32.1 Å². The quantitative estimate of drug-likeness (QED) is 0.706. The number of unbranched alkanes of at least 4 members (excludes halogenated alkanes) is 1. The van der Waals surface area contributed by atoms with Crippen molar-refractivity contribution in [2.75, 3.05) is 20.2 Å². The molecule has 1 atom stereocenters. The Labute approximate surface area is 115 Å². The van der Waals surface area contributed by atoms with Crippen molar-refractivity contribution in [3.63, 3.8) is 0 Å². The van der Waals surface area contributed by atoms with Gasteiger partial charge in [0, 0.05) is 13.0 Å². The average Bonchev–Trinajstić information content (AvgIpc) is 2.43. The van der Waals surface area contributed by atoms with Crippen LogP contribution in [0.4, 0.5) is 0 Å². The summed E-state index contributed by atoms with van der Waals surface area (Å²) in [6.45, 7) is 3.44. The van der Waals surface area contributed by atoms with Crippen molar-refractivity contribution in [1.29, 1.82) is 0 Å². The summed E-state index contributed by atoms with van der Waals surface area (Å²) in [5, 5.41) is 2.92. The van der Waals surface area contributed by atoms with Gasteiger partial charge in [0.2, 0.25) is 5.91 Å². The number of nitrogens with two attached hydrogens (primary N) is 1. The molecule has 1 aromatic rings. The summed E-state index contributed by atoms with van der Waals surface area (Å²) in [5.41, 5.74) is 6.53. The van der Waals surface area contributed by atoms with E-state index in [0.717, 1.165) is 24.2 Å². The normalized spacial score (nSPS) is 11.9. The number of carbonyl (C=O) groups is 1. The van der Waals surface area contributed by atoms with Gasteiger partial charge in [-0.1, -0.05) is 19.1 Å². The lowest BCUT2D eigenvalue weighted by Gasteiger charge is -2.13. The van der Waals surface area contributed by atoms with Crippen LogP contribution in [0.5, 0.6) is 5.75 Å². The number of hydrogen-bond donors (Lipinski definition) is 2. The molecule has 4 nitrogen and oxygen atoms in total. The minimum atomic E-state index is 0.0901. The van der Waals surface area contributed by atoms with Gasteiger partial charge in [0.25, 0.3) is 0 Å². The summed E-state index contributed by atoms with van der Waals surface area (Å²) in [6.07, 6.45) is 2.39. The van der Waals surface area contributed by atoms with E-state index in [1.807, 2.05) is 31.2 Å². The van der Waals surface area contributed by atoms with E-state index in [0.29, 0.717) is 19.5 Å². The van der Waals surface area contributed by atoms with Crippen molar-refractivity contribution in [3.05, 3.63) is 29.8 Å². The van der Waals surface area contributed by atoms with E-state index in [2.05, 4.69) is 5.32 Å². The Hall–Kier alpha value is -1.55. The van der Waals surface area contributed by atoms with Crippen molar-refractivity contribution >= 4 is 5.91 Å². The van der Waals surface area contributed by atoms with Gasteiger partial charge in [-0.05, 0) is 43.0 Å². The molecule has 1 unspecified atom stereocenters. The zero-order chi connectivity index (χ0) is 14.1. The molecule has 19 heavy (non-hydrogen) atoms. The highest BCUT2D eigenvalue weighted by atomic mass is 16.5. The zero-order valence-electron chi connectivity index (χ0n) is 11.8. The van der Waals surface area contributed by atoms with Gasteiger partial charge in [0.15, 0.2) is 0 Å². The van der Waals surface area contributed by atoms with Gasteiger partial charge < -0.3 is 15.8 Å². The molecule has 0 saturated carbocycles. The van der Waals surface area contributed by atoms with Crippen LogP contribution in [0.3, 0.4) is 0 Å². The van der Waals surface area contributed by atoms with E-state index in [1.54, 1.807) is 7.11 Å². The molecule has 3 N–H and O–H groups in total. The van der Waals surface area contributed by atoms with Gasteiger partial charge in [0.1, 0.15) is 5.75 Å². The summed E-state index contributed by atoms with van der Waals surface area (Å²) >= 11 is 0. The maximum absolute atomic E-state index is 11.8. The molecular weight excluding hydrogens is 240 g/mol. The van der Waals surface area contributed by atoms with E-state index in [-0.39, 0.29) is 11.8 Å². The third-order valence-electron chi connectivity index (χ3n) is 3.11. The minimum Gasteiger partial charge on any atom is -0.497 e. The van der Waals surface area contributed by atoms with Crippen molar-refractivity contribution in [3.8, 4) is 5.75 Å². The molecule has 0 aliphatic heterocycles. The fourth-order valence-electron chi connectivity index (χ4n) is 1.91. The first kappa shape index (κ1) is 15.5. The second kappa shape index (κ2) is 8.53. The molecule has 0 bridgehead atoms. The summed E-state index contributed by atoms with van der Waals surface area (Å²) in [5.74, 6) is 1.10. The maximum atomic E-state index is 11.8. The lowest BCUT2D eigenvalue weighted by atomic mass is 9.97. The van der Waals surface area contributed by atoms with E-state index < -0.39 is 0 Å². The first-order valence-electron chi connectivity index (χ1n) is 6.78. The Bertz CT molecular complexity index is 393. The van der Waals surface area contributed by atoms with Crippen molar-refractivity contribution in [2.24, 2.45) is 5.73 Å². The highest BCUT2D eigenvalue weighted by Gasteiger charge is 2.11. The third-order valence-corrected chi connectivity index (χ3v) is 3.11. The fraction of sp³-hybridized carbons (Fsp3) is 0.533. The minimum absolute atomic E-state index is 0.0901. The molecule has 0 fully saturated rings. The summed E-state index contributed by atoms with van der Waals surface area (Å²) < 4.78 is 5.19. The summed E-state index contributed by atoms with van der Waals surface area (Å²) in [7, 11) is 1.65. The number of rotatable bonds is 8. The Morgan fingerprint density at radius 1 is 1.42 bits per heavy atom. The van der Waals surface area contributed by atoms with E-state index in [4.69, 9.17) is 10.5 Å². The first-order valence-corrected chi connectivity index (χ1v) is 6.78. The molecule has 0 radical (unpaired) electrons. The molecule has 1 aromatic carbocycles. The number of benzene rings is 1. The smallest absolute Gasteiger partial charge is 0.220 e. The summed E-state index contributed by atoms with van der Waals surface area (Å²) in [4.78, 5) is 11.8. The van der Waals surface area contributed by atoms with Crippen LogP contribution in [0.15, 0.2) is 24.3 Å². The predicted molar refractivity (Wildman–Crippen MR) is 77.3 cm³/mol. The van der Waals surface area contributed by atoms with Crippen molar-refractivity contribution in [1.82, 2.24) is 5.32 Å². The second-order valence-electron chi connectivity index (χ2n) is 4.73. The predicted octanol–water partition coefficient (Wildman–Crippen LogP) is 2.04.